The number of hydrogen-bond acceptors (Lipinski definition) is 3. The van der Waals surface area contributed by atoms with Crippen molar-refractivity contribution in [1.82, 2.24) is 4.90 Å². The van der Waals surface area contributed by atoms with Crippen molar-refractivity contribution in [2.45, 2.75) is 30.7 Å². The average Bonchev–Trinajstić information content (AvgIpc) is 3.20. The highest BCUT2D eigenvalue weighted by molar-refractivity contribution is 8.01. The molecular weight excluding hydrogens is 392 g/mol. The van der Waals surface area contributed by atoms with Crippen molar-refractivity contribution in [2.24, 2.45) is 5.92 Å². The van der Waals surface area contributed by atoms with Gasteiger partial charge in [-0.1, -0.05) is 54.4 Å². The van der Waals surface area contributed by atoms with Gasteiger partial charge in [0.05, 0.1) is 12.2 Å². The fourth-order valence-corrected chi connectivity index (χ4v) is 6.08. The van der Waals surface area contributed by atoms with Gasteiger partial charge in [-0.3, -0.25) is 9.59 Å². The molecule has 3 aliphatic rings. The predicted molar refractivity (Wildman–Crippen MR) is 112 cm³/mol. The van der Waals surface area contributed by atoms with Gasteiger partial charge in [-0.05, 0) is 30.5 Å². The van der Waals surface area contributed by atoms with Crippen LogP contribution in [0, 0.1) is 5.92 Å². The van der Waals surface area contributed by atoms with E-state index in [1.165, 1.54) is 0 Å². The van der Waals surface area contributed by atoms with Crippen LogP contribution in [0.2, 0.25) is 5.02 Å². The first kappa shape index (κ1) is 18.1. The van der Waals surface area contributed by atoms with Crippen molar-refractivity contribution < 1.29 is 9.59 Å². The lowest BCUT2D eigenvalue weighted by molar-refractivity contribution is -0.145. The summed E-state index contributed by atoms with van der Waals surface area (Å²) in [7, 11) is 0. The van der Waals surface area contributed by atoms with Crippen LogP contribution in [-0.4, -0.2) is 29.0 Å². The topological polar surface area (TPSA) is 40.6 Å². The molecule has 1 aliphatic carbocycles. The lowest BCUT2D eigenvalue weighted by Gasteiger charge is -2.37. The SMILES string of the molecule is O=C(C1CCC1)N1CCS[C@]12C(=O)N(Cc1ccccc1Cl)c1ccccc12. The molecule has 2 amide bonds. The number of thioether (sulfide) groups is 1. The molecule has 2 fully saturated rings. The lowest BCUT2D eigenvalue weighted by atomic mass is 9.84. The van der Waals surface area contributed by atoms with E-state index >= 15 is 0 Å². The van der Waals surface area contributed by atoms with Crippen molar-refractivity contribution in [3.63, 3.8) is 0 Å². The number of hydrogen-bond donors (Lipinski definition) is 0. The smallest absolute Gasteiger partial charge is 0.268 e. The number of nitrogens with zero attached hydrogens (tertiary/aromatic N) is 2. The minimum atomic E-state index is -0.926. The number of rotatable bonds is 3. The van der Waals surface area contributed by atoms with Crippen molar-refractivity contribution in [3.8, 4) is 0 Å². The van der Waals surface area contributed by atoms with E-state index in [0.29, 0.717) is 18.1 Å². The highest BCUT2D eigenvalue weighted by atomic mass is 35.5. The molecule has 0 N–H and O–H groups in total. The molecule has 0 aromatic heterocycles. The summed E-state index contributed by atoms with van der Waals surface area (Å²) in [5.41, 5.74) is 2.72. The van der Waals surface area contributed by atoms with Gasteiger partial charge >= 0.3 is 0 Å². The number of amides is 2. The zero-order valence-corrected chi connectivity index (χ0v) is 17.0. The normalized spacial score (nSPS) is 24.0. The van der Waals surface area contributed by atoms with Crippen LogP contribution in [0.25, 0.3) is 0 Å². The lowest BCUT2D eigenvalue weighted by Crippen LogP contribution is -2.52. The second kappa shape index (κ2) is 6.82. The van der Waals surface area contributed by atoms with Crippen molar-refractivity contribution >= 4 is 40.9 Å². The third-order valence-electron chi connectivity index (χ3n) is 6.11. The molecule has 1 saturated heterocycles. The number of anilines is 1. The van der Waals surface area contributed by atoms with Crippen LogP contribution in [-0.2, 0) is 21.0 Å². The molecule has 0 radical (unpaired) electrons. The first-order valence-electron chi connectivity index (χ1n) is 9.73. The van der Waals surface area contributed by atoms with E-state index in [1.807, 2.05) is 53.4 Å². The molecule has 6 heteroatoms. The summed E-state index contributed by atoms with van der Waals surface area (Å²) in [4.78, 5) is 29.7. The zero-order chi connectivity index (χ0) is 19.3. The maximum absolute atomic E-state index is 13.8. The summed E-state index contributed by atoms with van der Waals surface area (Å²) in [5, 5.41) is 0.648. The van der Waals surface area contributed by atoms with Gasteiger partial charge in [0.2, 0.25) is 5.91 Å². The summed E-state index contributed by atoms with van der Waals surface area (Å²) in [5.74, 6) is 0.967. The van der Waals surface area contributed by atoms with Crippen molar-refractivity contribution in [3.05, 3.63) is 64.7 Å². The van der Waals surface area contributed by atoms with E-state index in [0.717, 1.165) is 41.8 Å². The first-order chi connectivity index (χ1) is 13.6. The highest BCUT2D eigenvalue weighted by Gasteiger charge is 2.60. The molecule has 2 aromatic carbocycles. The molecule has 4 nitrogen and oxygen atoms in total. The number of halogens is 1. The number of carbonyl (C=O) groups is 2. The van der Waals surface area contributed by atoms with E-state index in [2.05, 4.69) is 0 Å². The van der Waals surface area contributed by atoms with E-state index < -0.39 is 4.87 Å². The second-order valence-corrected chi connectivity index (χ2v) is 9.30. The molecule has 1 saturated carbocycles. The largest absolute Gasteiger partial charge is 0.315 e. The van der Waals surface area contributed by atoms with Gasteiger partial charge in [-0.2, -0.15) is 0 Å². The standard InChI is InChI=1S/C22H21ClN2O2S/c23-18-10-3-1-6-16(18)14-24-19-11-4-2-9-17(19)22(21(24)27)25(12-13-28-22)20(26)15-7-5-8-15/h1-4,6,9-11,15H,5,7-8,12-14H2/t22-/m1/s1. The van der Waals surface area contributed by atoms with Crippen LogP contribution >= 0.6 is 23.4 Å². The van der Waals surface area contributed by atoms with Gasteiger partial charge in [0, 0.05) is 28.8 Å². The zero-order valence-electron chi connectivity index (χ0n) is 15.4. The van der Waals surface area contributed by atoms with Crippen molar-refractivity contribution in [2.75, 3.05) is 17.2 Å². The maximum Gasteiger partial charge on any atom is 0.268 e. The summed E-state index contributed by atoms with van der Waals surface area (Å²) < 4.78 is 0. The Labute approximate surface area is 173 Å². The Morgan fingerprint density at radius 2 is 1.89 bits per heavy atom. The van der Waals surface area contributed by atoms with Gasteiger partial charge in [0.25, 0.3) is 5.91 Å². The van der Waals surface area contributed by atoms with E-state index in [-0.39, 0.29) is 17.7 Å². The van der Waals surface area contributed by atoms with Gasteiger partial charge < -0.3 is 9.80 Å². The fourth-order valence-electron chi connectivity index (χ4n) is 4.42. The van der Waals surface area contributed by atoms with Crippen LogP contribution in [0.3, 0.4) is 0 Å². The Bertz CT molecular complexity index is 961. The predicted octanol–water partition coefficient (Wildman–Crippen LogP) is 4.42. The van der Waals surface area contributed by atoms with Gasteiger partial charge in [0.15, 0.2) is 4.87 Å². The van der Waals surface area contributed by atoms with E-state index in [9.17, 15) is 9.59 Å². The number of carbonyl (C=O) groups excluding carboxylic acids is 2. The molecule has 2 aromatic rings. The summed E-state index contributed by atoms with van der Waals surface area (Å²) in [6.07, 6.45) is 2.98. The Morgan fingerprint density at radius 1 is 1.14 bits per heavy atom. The Balaban J connectivity index is 1.57. The van der Waals surface area contributed by atoms with Crippen molar-refractivity contribution in [1.29, 1.82) is 0 Å². The number of fused-ring (bicyclic) bond motifs is 2. The molecule has 1 spiro atoms. The summed E-state index contributed by atoms with van der Waals surface area (Å²) in [6.45, 7) is 1.03. The third-order valence-corrected chi connectivity index (χ3v) is 7.90. The molecule has 0 bridgehead atoms. The summed E-state index contributed by atoms with van der Waals surface area (Å²) >= 11 is 7.96. The van der Waals surface area contributed by atoms with Crippen LogP contribution in [0.4, 0.5) is 5.69 Å². The molecule has 2 heterocycles. The number of para-hydroxylation sites is 1. The average molecular weight is 413 g/mol. The third kappa shape index (κ3) is 2.52. The number of benzene rings is 2. The Kier molecular flexibility index (Phi) is 4.40. The monoisotopic (exact) mass is 412 g/mol. The molecule has 5 rings (SSSR count). The van der Waals surface area contributed by atoms with Crippen LogP contribution < -0.4 is 4.90 Å². The van der Waals surface area contributed by atoms with Crippen LogP contribution in [0.1, 0.15) is 30.4 Å². The van der Waals surface area contributed by atoms with Crippen LogP contribution in [0.5, 0.6) is 0 Å². The highest BCUT2D eigenvalue weighted by Crippen LogP contribution is 2.55. The van der Waals surface area contributed by atoms with Gasteiger partial charge in [-0.25, -0.2) is 0 Å². The Morgan fingerprint density at radius 3 is 2.64 bits per heavy atom. The minimum absolute atomic E-state index is 0.0243. The van der Waals surface area contributed by atoms with Gasteiger partial charge in [0.1, 0.15) is 0 Å². The van der Waals surface area contributed by atoms with E-state index in [1.54, 1.807) is 16.7 Å². The maximum atomic E-state index is 13.8. The molecule has 2 aliphatic heterocycles. The second-order valence-electron chi connectivity index (χ2n) is 7.61. The molecule has 144 valence electrons. The summed E-state index contributed by atoms with van der Waals surface area (Å²) in [6, 6.07) is 15.5. The fraction of sp³-hybridized carbons (Fsp3) is 0.364. The minimum Gasteiger partial charge on any atom is -0.315 e. The molecular formula is C22H21ClN2O2S. The molecule has 1 atom stereocenters. The molecule has 0 unspecified atom stereocenters. The van der Waals surface area contributed by atoms with Crippen LogP contribution in [0.15, 0.2) is 48.5 Å². The Hall–Kier alpha value is -1.98. The first-order valence-corrected chi connectivity index (χ1v) is 11.1. The quantitative estimate of drug-likeness (QED) is 0.749. The van der Waals surface area contributed by atoms with E-state index in [4.69, 9.17) is 11.6 Å². The van der Waals surface area contributed by atoms with Gasteiger partial charge in [-0.15, -0.1) is 11.8 Å². The molecule has 28 heavy (non-hydrogen) atoms.